The third-order valence-electron chi connectivity index (χ3n) is 2.94. The molecule has 0 amide bonds. The third kappa shape index (κ3) is 2.46. The fourth-order valence-electron chi connectivity index (χ4n) is 2.03. The largest absolute Gasteiger partial charge is 0.489 e. The van der Waals surface area contributed by atoms with Crippen LogP contribution in [0.4, 0.5) is 0 Å². The van der Waals surface area contributed by atoms with E-state index in [0.717, 1.165) is 0 Å². The molecule has 2 rings (SSSR count). The highest BCUT2D eigenvalue weighted by Crippen LogP contribution is 2.35. The smallest absolute Gasteiger partial charge is 0.155 e. The van der Waals surface area contributed by atoms with E-state index in [2.05, 4.69) is 6.58 Å². The number of rotatable bonds is 3. The van der Waals surface area contributed by atoms with Crippen LogP contribution >= 0.6 is 11.6 Å². The second-order valence-corrected chi connectivity index (χ2v) is 4.47. The number of aliphatic hydroxyl groups excluding tert-OH is 1. The number of hydrogen-bond acceptors (Lipinski definition) is 3. The van der Waals surface area contributed by atoms with Crippen LogP contribution in [-0.2, 0) is 9.47 Å². The van der Waals surface area contributed by atoms with Gasteiger partial charge in [0, 0.05) is 24.1 Å². The molecule has 1 N–H and O–H groups in total. The van der Waals surface area contributed by atoms with Crippen LogP contribution in [0.2, 0.25) is 5.02 Å². The van der Waals surface area contributed by atoms with Crippen LogP contribution in [0.5, 0.6) is 0 Å². The predicted octanol–water partition coefficient (Wildman–Crippen LogP) is 2.69. The molecule has 3 atom stereocenters. The van der Waals surface area contributed by atoms with Crippen LogP contribution in [0.15, 0.2) is 36.6 Å². The monoisotopic (exact) mass is 254 g/mol. The Morgan fingerprint density at radius 1 is 1.53 bits per heavy atom. The van der Waals surface area contributed by atoms with Gasteiger partial charge in [-0.25, -0.2) is 0 Å². The summed E-state index contributed by atoms with van der Waals surface area (Å²) >= 11 is 6.05. The van der Waals surface area contributed by atoms with Gasteiger partial charge in [-0.15, -0.1) is 0 Å². The van der Waals surface area contributed by atoms with Crippen molar-refractivity contribution in [2.24, 2.45) is 0 Å². The zero-order valence-corrected chi connectivity index (χ0v) is 10.4. The van der Waals surface area contributed by atoms with Crippen LogP contribution in [0.25, 0.3) is 0 Å². The minimum atomic E-state index is -0.812. The topological polar surface area (TPSA) is 38.7 Å². The van der Waals surface area contributed by atoms with Crippen LogP contribution in [0, 0.1) is 0 Å². The molecule has 1 aliphatic rings. The zero-order valence-electron chi connectivity index (χ0n) is 9.60. The van der Waals surface area contributed by atoms with Gasteiger partial charge in [0.05, 0.1) is 5.76 Å². The number of methoxy groups -OCH3 is 1. The van der Waals surface area contributed by atoms with Crippen LogP contribution in [-0.4, -0.2) is 24.4 Å². The first-order valence-corrected chi connectivity index (χ1v) is 5.81. The Labute approximate surface area is 106 Å². The van der Waals surface area contributed by atoms with Gasteiger partial charge in [0.15, 0.2) is 6.10 Å². The Hall–Kier alpha value is -1.03. The number of benzene rings is 1. The van der Waals surface area contributed by atoms with E-state index in [9.17, 15) is 5.11 Å². The minimum Gasteiger partial charge on any atom is -0.489 e. The van der Waals surface area contributed by atoms with Gasteiger partial charge in [-0.3, -0.25) is 0 Å². The quantitative estimate of drug-likeness (QED) is 0.901. The normalized spacial score (nSPS) is 25.7. The van der Waals surface area contributed by atoms with Crippen molar-refractivity contribution in [1.29, 1.82) is 0 Å². The summed E-state index contributed by atoms with van der Waals surface area (Å²) in [6.07, 6.45) is -0.850. The lowest BCUT2D eigenvalue weighted by molar-refractivity contribution is -0.0489. The third-order valence-corrected chi connectivity index (χ3v) is 3.28. The van der Waals surface area contributed by atoms with Gasteiger partial charge in [-0.1, -0.05) is 36.4 Å². The second-order valence-electron chi connectivity index (χ2n) is 4.07. The molecular weight excluding hydrogens is 240 g/mol. The Kier molecular flexibility index (Phi) is 3.72. The van der Waals surface area contributed by atoms with Gasteiger partial charge in [-0.05, 0) is 6.07 Å². The highest BCUT2D eigenvalue weighted by Gasteiger charge is 2.38. The van der Waals surface area contributed by atoms with E-state index in [-0.39, 0.29) is 6.10 Å². The molecule has 1 fully saturated rings. The van der Waals surface area contributed by atoms with E-state index >= 15 is 0 Å². The molecule has 0 bridgehead atoms. The molecule has 1 aromatic rings. The van der Waals surface area contributed by atoms with Crippen molar-refractivity contribution in [3.8, 4) is 0 Å². The average molecular weight is 255 g/mol. The maximum Gasteiger partial charge on any atom is 0.155 e. The molecule has 0 aromatic heterocycles. The van der Waals surface area contributed by atoms with Crippen molar-refractivity contribution in [2.75, 3.05) is 7.11 Å². The summed E-state index contributed by atoms with van der Waals surface area (Å²) < 4.78 is 10.8. The number of halogens is 1. The highest BCUT2D eigenvalue weighted by molar-refractivity contribution is 6.31. The van der Waals surface area contributed by atoms with Crippen molar-refractivity contribution >= 4 is 11.6 Å². The molecule has 1 aromatic carbocycles. The van der Waals surface area contributed by atoms with Gasteiger partial charge < -0.3 is 14.6 Å². The summed E-state index contributed by atoms with van der Waals surface area (Å²) in [6, 6.07) is 7.17. The van der Waals surface area contributed by atoms with Gasteiger partial charge in [0.25, 0.3) is 0 Å². The maximum absolute atomic E-state index is 10.3. The Morgan fingerprint density at radius 2 is 2.24 bits per heavy atom. The molecular formula is C13H15ClO3. The molecule has 92 valence electrons. The standard InChI is InChI=1S/C13H15ClO3/c1-8-7-11(16-2)13(17-8)12(15)9-5-3-4-6-10(9)14/h3-6,11-13,15H,1,7H2,2H3. The predicted molar refractivity (Wildman–Crippen MR) is 65.8 cm³/mol. The number of ether oxygens (including phenoxy) is 2. The first-order valence-electron chi connectivity index (χ1n) is 5.43. The first-order chi connectivity index (χ1) is 8.13. The second kappa shape index (κ2) is 5.08. The summed E-state index contributed by atoms with van der Waals surface area (Å²) in [5.41, 5.74) is 0.649. The summed E-state index contributed by atoms with van der Waals surface area (Å²) in [6.45, 7) is 3.75. The lowest BCUT2D eigenvalue weighted by Gasteiger charge is -2.23. The molecule has 0 aliphatic carbocycles. The van der Waals surface area contributed by atoms with E-state index in [0.29, 0.717) is 22.8 Å². The molecule has 0 saturated carbocycles. The summed E-state index contributed by atoms with van der Waals surface area (Å²) in [5.74, 6) is 0.632. The SMILES string of the molecule is C=C1CC(OC)C(C(O)c2ccccc2Cl)O1. The molecule has 3 unspecified atom stereocenters. The van der Waals surface area contributed by atoms with Gasteiger partial charge in [0.2, 0.25) is 0 Å². The highest BCUT2D eigenvalue weighted by atomic mass is 35.5. The van der Waals surface area contributed by atoms with Crippen molar-refractivity contribution in [2.45, 2.75) is 24.7 Å². The number of hydrogen-bond donors (Lipinski definition) is 1. The molecule has 3 nitrogen and oxygen atoms in total. The lowest BCUT2D eigenvalue weighted by atomic mass is 10.0. The average Bonchev–Trinajstić information content (AvgIpc) is 2.70. The van der Waals surface area contributed by atoms with E-state index in [1.54, 1.807) is 19.2 Å². The molecule has 0 spiro atoms. The fraction of sp³-hybridized carbons (Fsp3) is 0.385. The van der Waals surface area contributed by atoms with Gasteiger partial charge >= 0.3 is 0 Å². The van der Waals surface area contributed by atoms with Crippen molar-refractivity contribution in [1.82, 2.24) is 0 Å². The maximum atomic E-state index is 10.3. The van der Waals surface area contributed by atoms with E-state index < -0.39 is 12.2 Å². The molecule has 4 heteroatoms. The van der Waals surface area contributed by atoms with Crippen molar-refractivity contribution in [3.63, 3.8) is 0 Å². The Morgan fingerprint density at radius 3 is 2.88 bits per heavy atom. The van der Waals surface area contributed by atoms with Crippen molar-refractivity contribution < 1.29 is 14.6 Å². The fourth-order valence-corrected chi connectivity index (χ4v) is 2.28. The Bertz CT molecular complexity index is 419. The Balaban J connectivity index is 2.22. The molecule has 1 heterocycles. The summed E-state index contributed by atoms with van der Waals surface area (Å²) in [4.78, 5) is 0. The molecule has 0 radical (unpaired) electrons. The summed E-state index contributed by atoms with van der Waals surface area (Å²) in [5, 5.41) is 10.8. The first kappa shape index (κ1) is 12.4. The van der Waals surface area contributed by atoms with E-state index in [1.165, 1.54) is 0 Å². The van der Waals surface area contributed by atoms with Crippen LogP contribution < -0.4 is 0 Å². The molecule has 1 aliphatic heterocycles. The van der Waals surface area contributed by atoms with Crippen LogP contribution in [0.1, 0.15) is 18.1 Å². The molecule has 17 heavy (non-hydrogen) atoms. The van der Waals surface area contributed by atoms with Crippen molar-refractivity contribution in [3.05, 3.63) is 47.2 Å². The van der Waals surface area contributed by atoms with Crippen LogP contribution in [0.3, 0.4) is 0 Å². The van der Waals surface area contributed by atoms with Gasteiger partial charge in [0.1, 0.15) is 12.2 Å². The molecule has 1 saturated heterocycles. The zero-order chi connectivity index (χ0) is 12.4. The van der Waals surface area contributed by atoms with E-state index in [1.807, 2.05) is 12.1 Å². The lowest BCUT2D eigenvalue weighted by Crippen LogP contribution is -2.30. The summed E-state index contributed by atoms with van der Waals surface area (Å²) in [7, 11) is 1.60. The number of aliphatic hydroxyl groups is 1. The van der Waals surface area contributed by atoms with E-state index in [4.69, 9.17) is 21.1 Å². The van der Waals surface area contributed by atoms with Gasteiger partial charge in [-0.2, -0.15) is 0 Å². The minimum absolute atomic E-state index is 0.186.